The maximum atomic E-state index is 12.6. The molecule has 2 aromatic carbocycles. The van der Waals surface area contributed by atoms with Gasteiger partial charge in [-0.05, 0) is 35.9 Å². The Morgan fingerprint density at radius 2 is 1.63 bits per heavy atom. The molecule has 0 saturated carbocycles. The van der Waals surface area contributed by atoms with Crippen LogP contribution in [-0.4, -0.2) is 47.0 Å². The molecular weight excluding hydrogens is 383 g/mol. The molecule has 2 heterocycles. The average Bonchev–Trinajstić information content (AvgIpc) is 2.69. The smallest absolute Gasteiger partial charge is 0.227 e. The summed E-state index contributed by atoms with van der Waals surface area (Å²) in [6.45, 7) is 2.82. The predicted octanol–water partition coefficient (Wildman–Crippen LogP) is 3.83. The third-order valence-electron chi connectivity index (χ3n) is 4.78. The van der Waals surface area contributed by atoms with Crippen molar-refractivity contribution in [2.24, 2.45) is 0 Å². The van der Waals surface area contributed by atoms with E-state index in [9.17, 15) is 4.79 Å². The molecule has 5 nitrogen and oxygen atoms in total. The number of piperazine rings is 1. The molecule has 1 saturated heterocycles. The van der Waals surface area contributed by atoms with E-state index in [0.29, 0.717) is 29.6 Å². The lowest BCUT2D eigenvalue weighted by molar-refractivity contribution is -0.130. The van der Waals surface area contributed by atoms with Crippen molar-refractivity contribution in [2.75, 3.05) is 31.1 Å². The molecule has 0 N–H and O–H groups in total. The maximum Gasteiger partial charge on any atom is 0.227 e. The predicted molar refractivity (Wildman–Crippen MR) is 108 cm³/mol. The Labute approximate surface area is 167 Å². The van der Waals surface area contributed by atoms with E-state index in [4.69, 9.17) is 23.2 Å². The molecule has 1 fully saturated rings. The van der Waals surface area contributed by atoms with Gasteiger partial charge in [-0.3, -0.25) is 4.79 Å². The van der Waals surface area contributed by atoms with Crippen molar-refractivity contribution in [1.29, 1.82) is 0 Å². The Kier molecular flexibility index (Phi) is 5.14. The van der Waals surface area contributed by atoms with Gasteiger partial charge in [0.2, 0.25) is 5.91 Å². The largest absolute Gasteiger partial charge is 0.352 e. The second-order valence-corrected chi connectivity index (χ2v) is 7.40. The van der Waals surface area contributed by atoms with Crippen molar-refractivity contribution >= 4 is 45.8 Å². The first-order valence-electron chi connectivity index (χ1n) is 8.77. The Morgan fingerprint density at radius 3 is 2.37 bits per heavy atom. The van der Waals surface area contributed by atoms with Gasteiger partial charge in [0.15, 0.2) is 0 Å². The lowest BCUT2D eigenvalue weighted by Gasteiger charge is -2.35. The van der Waals surface area contributed by atoms with E-state index in [1.807, 2.05) is 47.4 Å². The standard InChI is InChI=1S/C20H18Cl2N4O/c21-15-3-1-14(2-4-15)11-19(27)25-7-9-26(10-8-25)20-17-6-5-16(22)12-18(17)23-13-24-20/h1-6,12-13H,7-11H2. The number of halogens is 2. The zero-order valence-corrected chi connectivity index (χ0v) is 16.1. The van der Waals surface area contributed by atoms with E-state index in [1.165, 1.54) is 0 Å². The van der Waals surface area contributed by atoms with Gasteiger partial charge in [-0.25, -0.2) is 9.97 Å². The van der Waals surface area contributed by atoms with E-state index in [1.54, 1.807) is 6.33 Å². The molecule has 3 aromatic rings. The van der Waals surface area contributed by atoms with Crippen molar-refractivity contribution < 1.29 is 4.79 Å². The van der Waals surface area contributed by atoms with Gasteiger partial charge < -0.3 is 9.80 Å². The molecule has 1 amide bonds. The van der Waals surface area contributed by atoms with E-state index in [2.05, 4.69) is 14.9 Å². The molecule has 4 rings (SSSR count). The molecule has 1 aliphatic heterocycles. The van der Waals surface area contributed by atoms with Crippen molar-refractivity contribution in [2.45, 2.75) is 6.42 Å². The number of hydrogen-bond acceptors (Lipinski definition) is 4. The highest BCUT2D eigenvalue weighted by Crippen LogP contribution is 2.26. The summed E-state index contributed by atoms with van der Waals surface area (Å²) in [4.78, 5) is 25.4. The lowest BCUT2D eigenvalue weighted by atomic mass is 10.1. The number of nitrogens with zero attached hydrogens (tertiary/aromatic N) is 4. The van der Waals surface area contributed by atoms with E-state index >= 15 is 0 Å². The monoisotopic (exact) mass is 400 g/mol. The molecule has 0 aliphatic carbocycles. The van der Waals surface area contributed by atoms with Crippen LogP contribution in [0, 0.1) is 0 Å². The van der Waals surface area contributed by atoms with Crippen LogP contribution in [0.5, 0.6) is 0 Å². The summed E-state index contributed by atoms with van der Waals surface area (Å²) < 4.78 is 0. The van der Waals surface area contributed by atoms with Crippen LogP contribution >= 0.6 is 23.2 Å². The third-order valence-corrected chi connectivity index (χ3v) is 5.27. The number of amides is 1. The highest BCUT2D eigenvalue weighted by Gasteiger charge is 2.23. The van der Waals surface area contributed by atoms with Crippen LogP contribution in [0.2, 0.25) is 10.0 Å². The lowest BCUT2D eigenvalue weighted by Crippen LogP contribution is -2.49. The van der Waals surface area contributed by atoms with E-state index in [0.717, 1.165) is 35.4 Å². The average molecular weight is 401 g/mol. The molecule has 0 bridgehead atoms. The first-order chi connectivity index (χ1) is 13.1. The fourth-order valence-corrected chi connectivity index (χ4v) is 3.62. The summed E-state index contributed by atoms with van der Waals surface area (Å²) in [5.74, 6) is 1.03. The molecule has 0 spiro atoms. The molecule has 27 heavy (non-hydrogen) atoms. The molecular formula is C20H18Cl2N4O. The fourth-order valence-electron chi connectivity index (χ4n) is 3.32. The van der Waals surface area contributed by atoms with Gasteiger partial charge in [0, 0.05) is 41.6 Å². The van der Waals surface area contributed by atoms with Gasteiger partial charge in [0.05, 0.1) is 11.9 Å². The molecule has 7 heteroatoms. The van der Waals surface area contributed by atoms with Crippen molar-refractivity contribution in [3.8, 4) is 0 Å². The second kappa shape index (κ2) is 7.71. The summed E-state index contributed by atoms with van der Waals surface area (Å²) in [7, 11) is 0. The number of hydrogen-bond donors (Lipinski definition) is 0. The third kappa shape index (κ3) is 3.99. The number of aromatic nitrogens is 2. The number of benzene rings is 2. The minimum absolute atomic E-state index is 0.135. The van der Waals surface area contributed by atoms with Gasteiger partial charge >= 0.3 is 0 Å². The van der Waals surface area contributed by atoms with Crippen molar-refractivity contribution in [1.82, 2.24) is 14.9 Å². The number of carbonyl (C=O) groups is 1. The molecule has 138 valence electrons. The maximum absolute atomic E-state index is 12.6. The quantitative estimate of drug-likeness (QED) is 0.670. The van der Waals surface area contributed by atoms with Gasteiger partial charge in [0.1, 0.15) is 12.1 Å². The summed E-state index contributed by atoms with van der Waals surface area (Å²) >= 11 is 12.0. The van der Waals surface area contributed by atoms with Crippen LogP contribution in [0.25, 0.3) is 10.9 Å². The zero-order chi connectivity index (χ0) is 18.8. The molecule has 1 aliphatic rings. The highest BCUT2D eigenvalue weighted by atomic mass is 35.5. The highest BCUT2D eigenvalue weighted by molar-refractivity contribution is 6.31. The van der Waals surface area contributed by atoms with E-state index < -0.39 is 0 Å². The van der Waals surface area contributed by atoms with Crippen LogP contribution in [0.15, 0.2) is 48.8 Å². The first kappa shape index (κ1) is 18.0. The molecule has 0 atom stereocenters. The molecule has 0 radical (unpaired) electrons. The minimum Gasteiger partial charge on any atom is -0.352 e. The number of rotatable bonds is 3. The molecule has 0 unspecified atom stereocenters. The Morgan fingerprint density at radius 1 is 0.926 bits per heavy atom. The summed E-state index contributed by atoms with van der Waals surface area (Å²) in [6, 6.07) is 13.1. The zero-order valence-electron chi connectivity index (χ0n) is 14.6. The van der Waals surface area contributed by atoms with E-state index in [-0.39, 0.29) is 5.91 Å². The van der Waals surface area contributed by atoms with Gasteiger partial charge in [0.25, 0.3) is 0 Å². The number of carbonyl (C=O) groups excluding carboxylic acids is 1. The SMILES string of the molecule is O=C(Cc1ccc(Cl)cc1)N1CCN(c2ncnc3cc(Cl)ccc23)CC1. The first-order valence-corrected chi connectivity index (χ1v) is 9.53. The second-order valence-electron chi connectivity index (χ2n) is 6.53. The number of fused-ring (bicyclic) bond motifs is 1. The van der Waals surface area contributed by atoms with Crippen LogP contribution in [-0.2, 0) is 11.2 Å². The summed E-state index contributed by atoms with van der Waals surface area (Å²) in [5.41, 5.74) is 1.80. The Bertz CT molecular complexity index is 969. The topological polar surface area (TPSA) is 49.3 Å². The van der Waals surface area contributed by atoms with Crippen molar-refractivity contribution in [3.63, 3.8) is 0 Å². The van der Waals surface area contributed by atoms with Gasteiger partial charge in [-0.1, -0.05) is 35.3 Å². The fraction of sp³-hybridized carbons (Fsp3) is 0.250. The Balaban J connectivity index is 1.43. The normalized spacial score (nSPS) is 14.6. The van der Waals surface area contributed by atoms with Crippen LogP contribution < -0.4 is 4.90 Å². The summed E-state index contributed by atoms with van der Waals surface area (Å²) in [5, 5.41) is 2.31. The summed E-state index contributed by atoms with van der Waals surface area (Å²) in [6.07, 6.45) is 1.96. The van der Waals surface area contributed by atoms with Crippen LogP contribution in [0.4, 0.5) is 5.82 Å². The minimum atomic E-state index is 0.135. The van der Waals surface area contributed by atoms with Gasteiger partial charge in [-0.2, -0.15) is 0 Å². The van der Waals surface area contributed by atoms with Crippen LogP contribution in [0.3, 0.4) is 0 Å². The molecule has 1 aromatic heterocycles. The Hall–Kier alpha value is -2.37. The van der Waals surface area contributed by atoms with Gasteiger partial charge in [-0.15, -0.1) is 0 Å². The van der Waals surface area contributed by atoms with Crippen molar-refractivity contribution in [3.05, 3.63) is 64.4 Å². The van der Waals surface area contributed by atoms with Crippen LogP contribution in [0.1, 0.15) is 5.56 Å². The number of anilines is 1.